The van der Waals surface area contributed by atoms with E-state index in [0.29, 0.717) is 12.1 Å². The molecular formula is C30H24F4N2O5S2. The van der Waals surface area contributed by atoms with Gasteiger partial charge in [-0.3, -0.25) is 9.64 Å². The second-order valence-electron chi connectivity index (χ2n) is 9.19. The zero-order valence-electron chi connectivity index (χ0n) is 22.6. The molecule has 0 saturated heterocycles. The number of rotatable bonds is 8. The van der Waals surface area contributed by atoms with Crippen LogP contribution in [0.2, 0.25) is 0 Å². The van der Waals surface area contributed by atoms with Gasteiger partial charge in [0.05, 0.1) is 15.4 Å². The Kier molecular flexibility index (Phi) is 10.4. The van der Waals surface area contributed by atoms with Gasteiger partial charge >= 0.3 is 5.37 Å². The molecule has 0 fully saturated rings. The Morgan fingerprint density at radius 2 is 1.09 bits per heavy atom. The second kappa shape index (κ2) is 13.6. The van der Waals surface area contributed by atoms with Crippen LogP contribution in [0.5, 0.6) is 0 Å². The maximum atomic E-state index is 13.9. The SMILES string of the molecule is Cc1ccc(S(=O)(=O)C(NC=O)c2ccc(F)cc2F)cc1.[C-]#[N+]C(c1ccc(F)cc1F)S(=O)(=O)c1ccc(C)cc1. The third-order valence-electron chi connectivity index (χ3n) is 6.11. The van der Waals surface area contributed by atoms with Crippen molar-refractivity contribution in [3.05, 3.63) is 142 Å². The molecule has 0 aliphatic rings. The quantitative estimate of drug-likeness (QED) is 0.143. The van der Waals surface area contributed by atoms with Crippen molar-refractivity contribution in [3.63, 3.8) is 0 Å². The third-order valence-corrected chi connectivity index (χ3v) is 9.93. The van der Waals surface area contributed by atoms with Gasteiger partial charge in [0.15, 0.2) is 5.37 Å². The van der Waals surface area contributed by atoms with Crippen LogP contribution < -0.4 is 5.32 Å². The van der Waals surface area contributed by atoms with Crippen molar-refractivity contribution < 1.29 is 39.2 Å². The van der Waals surface area contributed by atoms with Crippen LogP contribution in [0.15, 0.2) is 94.7 Å². The van der Waals surface area contributed by atoms with Crippen molar-refractivity contribution in [1.29, 1.82) is 0 Å². The standard InChI is InChI=1S/C15H13F2NO3S.C15H11F2NO2S/c1-10-2-5-12(6-3-10)22(20,21)15(18-9-19)13-7-4-11(16)8-14(13)17;1-10-3-6-12(7-4-10)21(19,20)15(18-2)13-8-5-11(16)9-14(13)17/h2-9,15H,1H3,(H,18,19);3-9,15H,1H3. The van der Waals surface area contributed by atoms with E-state index in [4.69, 9.17) is 6.57 Å². The summed E-state index contributed by atoms with van der Waals surface area (Å²) < 4.78 is 104. The number of nitrogens with one attached hydrogen (secondary N) is 1. The monoisotopic (exact) mass is 632 g/mol. The minimum atomic E-state index is -4.07. The van der Waals surface area contributed by atoms with E-state index >= 15 is 0 Å². The largest absolute Gasteiger partial charge is 0.353 e. The lowest BCUT2D eigenvalue weighted by atomic mass is 10.2. The third kappa shape index (κ3) is 7.65. The summed E-state index contributed by atoms with van der Waals surface area (Å²) >= 11 is 0. The number of aryl methyl sites for hydroxylation is 2. The van der Waals surface area contributed by atoms with Crippen molar-refractivity contribution in [1.82, 2.24) is 5.32 Å². The molecule has 0 heterocycles. The predicted octanol–water partition coefficient (Wildman–Crippen LogP) is 6.16. The Balaban J connectivity index is 0.000000236. The van der Waals surface area contributed by atoms with E-state index in [1.54, 1.807) is 38.1 Å². The van der Waals surface area contributed by atoms with Gasteiger partial charge in [0, 0.05) is 17.7 Å². The summed E-state index contributed by atoms with van der Waals surface area (Å²) in [5.74, 6) is -3.76. The molecule has 0 bridgehead atoms. The highest BCUT2D eigenvalue weighted by Gasteiger charge is 2.36. The van der Waals surface area contributed by atoms with Crippen LogP contribution in [0.3, 0.4) is 0 Å². The molecule has 224 valence electrons. The van der Waals surface area contributed by atoms with Crippen LogP contribution in [0, 0.1) is 43.7 Å². The summed E-state index contributed by atoms with van der Waals surface area (Å²) in [5, 5.41) is -1.28. The van der Waals surface area contributed by atoms with Gasteiger partial charge in [0.2, 0.25) is 16.2 Å². The fraction of sp³-hybridized carbons (Fsp3) is 0.133. The number of carbonyl (C=O) groups excluding carboxylic acids is 1. The van der Waals surface area contributed by atoms with E-state index in [2.05, 4.69) is 10.2 Å². The molecule has 7 nitrogen and oxygen atoms in total. The fourth-order valence-electron chi connectivity index (χ4n) is 3.85. The number of amides is 1. The maximum absolute atomic E-state index is 13.9. The molecule has 0 aliphatic carbocycles. The predicted molar refractivity (Wildman–Crippen MR) is 151 cm³/mol. The van der Waals surface area contributed by atoms with Gasteiger partial charge in [-0.05, 0) is 56.3 Å². The Hall–Kier alpha value is -4.54. The lowest BCUT2D eigenvalue weighted by molar-refractivity contribution is -0.109. The molecule has 13 heteroatoms. The maximum Gasteiger partial charge on any atom is 0.353 e. The first kappa shape index (κ1) is 33.0. The average molecular weight is 633 g/mol. The van der Waals surface area contributed by atoms with Gasteiger partial charge < -0.3 is 5.32 Å². The molecule has 0 aromatic heterocycles. The van der Waals surface area contributed by atoms with E-state index in [1.165, 1.54) is 24.3 Å². The zero-order valence-corrected chi connectivity index (χ0v) is 24.3. The van der Waals surface area contributed by atoms with E-state index in [9.17, 15) is 39.2 Å². The van der Waals surface area contributed by atoms with Gasteiger partial charge in [-0.2, -0.15) is 0 Å². The van der Waals surface area contributed by atoms with Crippen molar-refractivity contribution in [2.45, 2.75) is 34.4 Å². The van der Waals surface area contributed by atoms with Crippen LogP contribution in [0.25, 0.3) is 4.85 Å². The summed E-state index contributed by atoms with van der Waals surface area (Å²) in [6.07, 6.45) is 0.166. The molecule has 43 heavy (non-hydrogen) atoms. The lowest BCUT2D eigenvalue weighted by Crippen LogP contribution is -2.28. The number of nitrogens with zero attached hydrogens (tertiary/aromatic N) is 1. The minimum Gasteiger partial charge on any atom is -0.338 e. The van der Waals surface area contributed by atoms with Crippen LogP contribution >= 0.6 is 0 Å². The molecule has 1 N–H and O–H groups in total. The van der Waals surface area contributed by atoms with Crippen LogP contribution in [-0.4, -0.2) is 23.2 Å². The summed E-state index contributed by atoms with van der Waals surface area (Å²) in [6, 6.07) is 16.8. The van der Waals surface area contributed by atoms with E-state index < -0.39 is 53.7 Å². The summed E-state index contributed by atoms with van der Waals surface area (Å²) in [6.45, 7) is 10.7. The Morgan fingerprint density at radius 3 is 1.49 bits per heavy atom. The highest BCUT2D eigenvalue weighted by molar-refractivity contribution is 7.92. The molecule has 4 rings (SSSR count). The molecular weight excluding hydrogens is 608 g/mol. The first-order valence-corrected chi connectivity index (χ1v) is 15.4. The van der Waals surface area contributed by atoms with Crippen molar-refractivity contribution in [2.75, 3.05) is 0 Å². The molecule has 1 amide bonds. The molecule has 4 aromatic carbocycles. The Morgan fingerprint density at radius 1 is 0.674 bits per heavy atom. The summed E-state index contributed by atoms with van der Waals surface area (Å²) in [5.41, 5.74) is 1.04. The normalized spacial score (nSPS) is 12.7. The van der Waals surface area contributed by atoms with Crippen molar-refractivity contribution in [2.24, 2.45) is 0 Å². The smallest absolute Gasteiger partial charge is 0.338 e. The van der Waals surface area contributed by atoms with Crippen molar-refractivity contribution in [3.8, 4) is 0 Å². The fourth-order valence-corrected chi connectivity index (χ4v) is 6.84. The Labute approximate surface area is 246 Å². The topological polar surface area (TPSA) is 102 Å². The number of benzene rings is 4. The molecule has 0 spiro atoms. The van der Waals surface area contributed by atoms with Crippen LogP contribution in [-0.2, 0) is 24.5 Å². The van der Waals surface area contributed by atoms with Gasteiger partial charge in [-0.15, -0.1) is 0 Å². The first-order chi connectivity index (χ1) is 20.2. The van der Waals surface area contributed by atoms with Gasteiger partial charge in [0.25, 0.3) is 9.84 Å². The molecule has 2 unspecified atom stereocenters. The van der Waals surface area contributed by atoms with Gasteiger partial charge in [0.1, 0.15) is 23.3 Å². The molecule has 0 aliphatic heterocycles. The highest BCUT2D eigenvalue weighted by Crippen LogP contribution is 2.32. The first-order valence-electron chi connectivity index (χ1n) is 12.3. The zero-order chi connectivity index (χ0) is 31.9. The minimum absolute atomic E-state index is 0.0684. The van der Waals surface area contributed by atoms with Crippen LogP contribution in [0.4, 0.5) is 17.6 Å². The van der Waals surface area contributed by atoms with Crippen molar-refractivity contribution >= 4 is 26.1 Å². The summed E-state index contributed by atoms with van der Waals surface area (Å²) in [4.78, 5) is 13.6. The van der Waals surface area contributed by atoms with E-state index in [0.717, 1.165) is 35.4 Å². The average Bonchev–Trinajstić information content (AvgIpc) is 2.94. The van der Waals surface area contributed by atoms with E-state index in [1.807, 2.05) is 0 Å². The number of hydrogen-bond donors (Lipinski definition) is 1. The molecule has 0 radical (unpaired) electrons. The number of carbonyl (C=O) groups is 1. The van der Waals surface area contributed by atoms with Crippen LogP contribution in [0.1, 0.15) is 33.0 Å². The van der Waals surface area contributed by atoms with Gasteiger partial charge in [-0.25, -0.2) is 41.0 Å². The number of hydrogen-bond acceptors (Lipinski definition) is 5. The number of sulfone groups is 2. The molecule has 4 aromatic rings. The summed E-state index contributed by atoms with van der Waals surface area (Å²) in [7, 11) is -8.15. The highest BCUT2D eigenvalue weighted by atomic mass is 32.2. The Bertz CT molecular complexity index is 1880. The lowest BCUT2D eigenvalue weighted by Gasteiger charge is -2.18. The molecule has 2 atom stereocenters. The van der Waals surface area contributed by atoms with E-state index in [-0.39, 0.29) is 27.3 Å². The second-order valence-corrected chi connectivity index (χ2v) is 13.2. The molecule has 0 saturated carbocycles. The number of halogens is 4. The van der Waals surface area contributed by atoms with Gasteiger partial charge in [-0.1, -0.05) is 41.5 Å².